The molecule has 0 saturated carbocycles. The summed E-state index contributed by atoms with van der Waals surface area (Å²) in [5, 5.41) is 0. The maximum atomic E-state index is 12.5. The third kappa shape index (κ3) is 4.81. The molecule has 0 spiro atoms. The summed E-state index contributed by atoms with van der Waals surface area (Å²) < 4.78 is 5.56. The number of likely N-dealkylation sites (N-methyl/N-ethyl adjacent to an activating group) is 1. The molecule has 6 nitrogen and oxygen atoms in total. The van der Waals surface area contributed by atoms with Crippen molar-refractivity contribution in [3.63, 3.8) is 0 Å². The van der Waals surface area contributed by atoms with Crippen molar-refractivity contribution in [1.82, 2.24) is 14.9 Å². The lowest BCUT2D eigenvalue weighted by molar-refractivity contribution is 0.0108. The summed E-state index contributed by atoms with van der Waals surface area (Å²) >= 11 is 0. The average molecular weight is 320 g/mol. The molecule has 0 radical (unpaired) electrons. The molecule has 2 rings (SSSR count). The Hall–Kier alpha value is -1.85. The predicted octanol–water partition coefficient (Wildman–Crippen LogP) is 3.01. The van der Waals surface area contributed by atoms with Crippen LogP contribution < -0.4 is 4.90 Å². The Morgan fingerprint density at radius 1 is 1.35 bits per heavy atom. The Bertz CT molecular complexity index is 542. The number of aromatic nitrogens is 2. The Morgan fingerprint density at radius 3 is 2.70 bits per heavy atom. The van der Waals surface area contributed by atoms with Gasteiger partial charge in [0.1, 0.15) is 11.4 Å². The van der Waals surface area contributed by atoms with Crippen molar-refractivity contribution < 1.29 is 9.53 Å². The van der Waals surface area contributed by atoms with Gasteiger partial charge in [0.05, 0.1) is 11.7 Å². The van der Waals surface area contributed by atoms with Gasteiger partial charge in [0.15, 0.2) is 0 Å². The number of piperidine rings is 1. The van der Waals surface area contributed by atoms with Gasteiger partial charge >= 0.3 is 6.09 Å². The van der Waals surface area contributed by atoms with E-state index in [1.807, 2.05) is 39.6 Å². The van der Waals surface area contributed by atoms with Crippen LogP contribution in [0.5, 0.6) is 0 Å². The highest BCUT2D eigenvalue weighted by atomic mass is 16.6. The minimum Gasteiger partial charge on any atom is -0.444 e. The average Bonchev–Trinajstić information content (AvgIpc) is 2.46. The van der Waals surface area contributed by atoms with Crippen LogP contribution in [0, 0.1) is 6.92 Å². The molecule has 0 aromatic carbocycles. The van der Waals surface area contributed by atoms with Crippen molar-refractivity contribution >= 4 is 11.9 Å². The van der Waals surface area contributed by atoms with Crippen LogP contribution in [0.3, 0.4) is 0 Å². The molecule has 0 bridgehead atoms. The van der Waals surface area contributed by atoms with E-state index < -0.39 is 5.60 Å². The Balaban J connectivity index is 2.06. The summed E-state index contributed by atoms with van der Waals surface area (Å²) in [6.07, 6.45) is 6.33. The van der Waals surface area contributed by atoms with Gasteiger partial charge < -0.3 is 14.5 Å². The van der Waals surface area contributed by atoms with Gasteiger partial charge in [-0.3, -0.25) is 4.98 Å². The largest absolute Gasteiger partial charge is 0.444 e. The number of likely N-dealkylation sites (tertiary alicyclic amines) is 1. The molecular weight excluding hydrogens is 292 g/mol. The number of hydrogen-bond acceptors (Lipinski definition) is 5. The van der Waals surface area contributed by atoms with E-state index in [0.717, 1.165) is 43.9 Å². The number of ether oxygens (including phenoxy) is 1. The summed E-state index contributed by atoms with van der Waals surface area (Å²) in [4.78, 5) is 25.1. The lowest BCUT2D eigenvalue weighted by Crippen LogP contribution is -2.50. The van der Waals surface area contributed by atoms with E-state index >= 15 is 0 Å². The molecule has 23 heavy (non-hydrogen) atoms. The number of carbonyl (C=O) groups excluding carboxylic acids is 1. The number of amides is 1. The lowest BCUT2D eigenvalue weighted by Gasteiger charge is -2.38. The first kappa shape index (κ1) is 17.5. The minimum atomic E-state index is -0.466. The van der Waals surface area contributed by atoms with E-state index in [2.05, 4.69) is 14.9 Å². The fourth-order valence-electron chi connectivity index (χ4n) is 2.93. The maximum Gasteiger partial charge on any atom is 0.410 e. The zero-order valence-corrected chi connectivity index (χ0v) is 14.9. The molecule has 1 aromatic heterocycles. The summed E-state index contributed by atoms with van der Waals surface area (Å²) in [5.74, 6) is 0.863. The zero-order chi connectivity index (χ0) is 17.0. The van der Waals surface area contributed by atoms with Crippen molar-refractivity contribution in [2.24, 2.45) is 0 Å². The number of anilines is 1. The van der Waals surface area contributed by atoms with Crippen molar-refractivity contribution in [3.05, 3.63) is 18.1 Å². The third-order valence-corrected chi connectivity index (χ3v) is 3.96. The standard InChI is InChI=1S/C17H28N4O2/c1-13-15(19-10-9-18-13)20(5)12-14-8-6-7-11-21(14)16(22)23-17(2,3)4/h9-10,14H,6-8,11-12H2,1-5H3. The number of nitrogens with zero attached hydrogens (tertiary/aromatic N) is 4. The molecule has 1 aliphatic rings. The first-order valence-electron chi connectivity index (χ1n) is 8.26. The number of carbonyl (C=O) groups is 1. The summed E-state index contributed by atoms with van der Waals surface area (Å²) in [6.45, 7) is 9.15. The van der Waals surface area contributed by atoms with Crippen molar-refractivity contribution in [2.45, 2.75) is 58.6 Å². The van der Waals surface area contributed by atoms with Crippen molar-refractivity contribution in [3.8, 4) is 0 Å². The van der Waals surface area contributed by atoms with Crippen LogP contribution in [0.4, 0.5) is 10.6 Å². The zero-order valence-electron chi connectivity index (χ0n) is 14.9. The molecule has 1 atom stereocenters. The monoisotopic (exact) mass is 320 g/mol. The normalized spacial score (nSPS) is 18.7. The molecule has 1 unspecified atom stereocenters. The smallest absolute Gasteiger partial charge is 0.410 e. The SMILES string of the molecule is Cc1nccnc1N(C)CC1CCCCN1C(=O)OC(C)(C)C. The Kier molecular flexibility index (Phi) is 5.44. The predicted molar refractivity (Wildman–Crippen MR) is 90.6 cm³/mol. The van der Waals surface area contributed by atoms with Crippen LogP contribution in [0.15, 0.2) is 12.4 Å². The topological polar surface area (TPSA) is 58.6 Å². The Morgan fingerprint density at radius 2 is 2.04 bits per heavy atom. The van der Waals surface area contributed by atoms with E-state index in [-0.39, 0.29) is 12.1 Å². The van der Waals surface area contributed by atoms with Crippen molar-refractivity contribution in [1.29, 1.82) is 0 Å². The van der Waals surface area contributed by atoms with Crippen LogP contribution in [0.2, 0.25) is 0 Å². The van der Waals surface area contributed by atoms with Gasteiger partial charge in [0, 0.05) is 32.5 Å². The van der Waals surface area contributed by atoms with Gasteiger partial charge in [-0.05, 0) is 47.0 Å². The number of rotatable bonds is 3. The first-order valence-corrected chi connectivity index (χ1v) is 8.26. The number of aryl methyl sites for hydroxylation is 1. The summed E-state index contributed by atoms with van der Waals surface area (Å²) in [5.41, 5.74) is 0.432. The second-order valence-electron chi connectivity index (χ2n) is 7.17. The van der Waals surface area contributed by atoms with Crippen LogP contribution in [-0.4, -0.2) is 52.7 Å². The highest BCUT2D eigenvalue weighted by Gasteiger charge is 2.31. The Labute approximate surface area is 138 Å². The highest BCUT2D eigenvalue weighted by Crippen LogP contribution is 2.22. The van der Waals surface area contributed by atoms with Gasteiger partial charge in [0.25, 0.3) is 0 Å². The van der Waals surface area contributed by atoms with Gasteiger partial charge in [-0.1, -0.05) is 0 Å². The molecular formula is C17H28N4O2. The van der Waals surface area contributed by atoms with E-state index in [1.165, 1.54) is 0 Å². The van der Waals surface area contributed by atoms with E-state index in [1.54, 1.807) is 12.4 Å². The molecule has 1 saturated heterocycles. The molecule has 128 valence electrons. The molecule has 1 fully saturated rings. The minimum absolute atomic E-state index is 0.144. The van der Waals surface area contributed by atoms with Gasteiger partial charge in [-0.25, -0.2) is 9.78 Å². The lowest BCUT2D eigenvalue weighted by atomic mass is 10.0. The second-order valence-corrected chi connectivity index (χ2v) is 7.17. The highest BCUT2D eigenvalue weighted by molar-refractivity contribution is 5.68. The van der Waals surface area contributed by atoms with Gasteiger partial charge in [0.2, 0.25) is 0 Å². The fourth-order valence-corrected chi connectivity index (χ4v) is 2.93. The van der Waals surface area contributed by atoms with Gasteiger partial charge in [-0.2, -0.15) is 0 Å². The molecule has 6 heteroatoms. The summed E-state index contributed by atoms with van der Waals surface area (Å²) in [6, 6.07) is 0.144. The van der Waals surface area contributed by atoms with Gasteiger partial charge in [-0.15, -0.1) is 0 Å². The van der Waals surface area contributed by atoms with Crippen molar-refractivity contribution in [2.75, 3.05) is 25.0 Å². The quantitative estimate of drug-likeness (QED) is 0.857. The molecule has 1 aliphatic heterocycles. The molecule has 1 aromatic rings. The fraction of sp³-hybridized carbons (Fsp3) is 0.706. The summed E-state index contributed by atoms with van der Waals surface area (Å²) in [7, 11) is 2.00. The van der Waals surface area contributed by atoms with Crippen LogP contribution in [0.25, 0.3) is 0 Å². The van der Waals surface area contributed by atoms with Crippen LogP contribution in [-0.2, 0) is 4.74 Å². The molecule has 0 aliphatic carbocycles. The van der Waals surface area contributed by atoms with Crippen LogP contribution in [0.1, 0.15) is 45.7 Å². The van der Waals surface area contributed by atoms with Crippen LogP contribution >= 0.6 is 0 Å². The molecule has 2 heterocycles. The maximum absolute atomic E-state index is 12.5. The second kappa shape index (κ2) is 7.15. The molecule has 1 amide bonds. The number of hydrogen-bond donors (Lipinski definition) is 0. The van der Waals surface area contributed by atoms with E-state index in [4.69, 9.17) is 4.74 Å². The van der Waals surface area contributed by atoms with E-state index in [9.17, 15) is 4.79 Å². The third-order valence-electron chi connectivity index (χ3n) is 3.96. The van der Waals surface area contributed by atoms with E-state index in [0.29, 0.717) is 0 Å². The first-order chi connectivity index (χ1) is 10.8. The molecule has 0 N–H and O–H groups in total.